The molecule has 0 saturated carbocycles. The number of carbonyl (C=O) groups is 1. The lowest BCUT2D eigenvalue weighted by Gasteiger charge is -2.11. The lowest BCUT2D eigenvalue weighted by molar-refractivity contribution is 0.102. The van der Waals surface area contributed by atoms with Crippen molar-refractivity contribution in [2.24, 2.45) is 0 Å². The fourth-order valence-electron chi connectivity index (χ4n) is 2.48. The molecule has 0 aliphatic carbocycles. The number of amides is 1. The summed E-state index contributed by atoms with van der Waals surface area (Å²) >= 11 is 5.74. The summed E-state index contributed by atoms with van der Waals surface area (Å²) in [5.41, 5.74) is 1.79. The van der Waals surface area contributed by atoms with Gasteiger partial charge in [0.1, 0.15) is 17.4 Å². The predicted molar refractivity (Wildman–Crippen MR) is 104 cm³/mol. The quantitative estimate of drug-likeness (QED) is 0.643. The second-order valence-corrected chi connectivity index (χ2v) is 6.09. The largest absolute Gasteiger partial charge is 0.496 e. The Morgan fingerprint density at radius 2 is 2.00 bits per heavy atom. The first-order valence-electron chi connectivity index (χ1n) is 8.15. The van der Waals surface area contributed by atoms with Gasteiger partial charge in [0.05, 0.1) is 12.1 Å². The second-order valence-electron chi connectivity index (χ2n) is 5.68. The smallest absolute Gasteiger partial charge is 0.255 e. The van der Waals surface area contributed by atoms with Crippen LogP contribution in [0.4, 0.5) is 15.9 Å². The van der Waals surface area contributed by atoms with Gasteiger partial charge >= 0.3 is 0 Å². The topological polar surface area (TPSA) is 63.2 Å². The summed E-state index contributed by atoms with van der Waals surface area (Å²) in [6, 6.07) is 14.9. The lowest BCUT2D eigenvalue weighted by atomic mass is 10.2. The maximum Gasteiger partial charge on any atom is 0.255 e. The molecule has 1 amide bonds. The monoisotopic (exact) mass is 385 g/mol. The van der Waals surface area contributed by atoms with E-state index in [4.69, 9.17) is 16.3 Å². The molecule has 0 aliphatic heterocycles. The van der Waals surface area contributed by atoms with Crippen molar-refractivity contribution in [3.05, 3.63) is 82.8 Å². The summed E-state index contributed by atoms with van der Waals surface area (Å²) in [5, 5.41) is 5.80. The number of pyridine rings is 1. The molecule has 0 saturated heterocycles. The first kappa shape index (κ1) is 18.7. The van der Waals surface area contributed by atoms with Gasteiger partial charge < -0.3 is 15.4 Å². The van der Waals surface area contributed by atoms with Crippen molar-refractivity contribution in [1.82, 2.24) is 4.98 Å². The van der Waals surface area contributed by atoms with E-state index in [-0.39, 0.29) is 10.9 Å². The maximum absolute atomic E-state index is 13.2. The van der Waals surface area contributed by atoms with Crippen LogP contribution in [0.2, 0.25) is 5.02 Å². The standard InChI is InChI=1S/C20H17ClFN3O2/c1-27-18-5-3-2-4-14(18)12-24-19-10-13(8-9-23-19)20(26)25-15-6-7-17(22)16(21)11-15/h2-11H,12H2,1H3,(H,23,24)(H,25,26). The van der Waals surface area contributed by atoms with Crippen LogP contribution in [0.1, 0.15) is 15.9 Å². The minimum absolute atomic E-state index is 0.0540. The number of aromatic nitrogens is 1. The highest BCUT2D eigenvalue weighted by Gasteiger charge is 2.10. The predicted octanol–water partition coefficient (Wildman–Crippen LogP) is 4.75. The van der Waals surface area contributed by atoms with Crippen LogP contribution in [0, 0.1) is 5.82 Å². The molecule has 0 atom stereocenters. The number of hydrogen-bond acceptors (Lipinski definition) is 4. The molecular weight excluding hydrogens is 369 g/mol. The maximum atomic E-state index is 13.2. The molecule has 0 fully saturated rings. The van der Waals surface area contributed by atoms with Gasteiger partial charge in [-0.2, -0.15) is 0 Å². The van der Waals surface area contributed by atoms with Gasteiger partial charge in [-0.05, 0) is 36.4 Å². The number of ether oxygens (including phenoxy) is 1. The van der Waals surface area contributed by atoms with Gasteiger partial charge in [0, 0.05) is 29.6 Å². The lowest BCUT2D eigenvalue weighted by Crippen LogP contribution is -2.13. The fraction of sp³-hybridized carbons (Fsp3) is 0.100. The third kappa shape index (κ3) is 4.74. The first-order valence-corrected chi connectivity index (χ1v) is 8.53. The van der Waals surface area contributed by atoms with Crippen LogP contribution in [0.25, 0.3) is 0 Å². The minimum Gasteiger partial charge on any atom is -0.496 e. The van der Waals surface area contributed by atoms with Crippen LogP contribution < -0.4 is 15.4 Å². The van der Waals surface area contributed by atoms with Crippen molar-refractivity contribution in [3.8, 4) is 5.75 Å². The molecule has 0 spiro atoms. The van der Waals surface area contributed by atoms with Crippen molar-refractivity contribution >= 4 is 29.0 Å². The SMILES string of the molecule is COc1ccccc1CNc1cc(C(=O)Nc2ccc(F)c(Cl)c2)ccn1. The van der Waals surface area contributed by atoms with E-state index in [1.54, 1.807) is 19.2 Å². The van der Waals surface area contributed by atoms with E-state index in [9.17, 15) is 9.18 Å². The third-order valence-electron chi connectivity index (χ3n) is 3.85. The Labute approximate surface area is 161 Å². The number of halogens is 2. The van der Waals surface area contributed by atoms with Crippen LogP contribution in [-0.2, 0) is 6.54 Å². The number of anilines is 2. The molecule has 138 valence electrons. The van der Waals surface area contributed by atoms with Crippen molar-refractivity contribution in [3.63, 3.8) is 0 Å². The van der Waals surface area contributed by atoms with Gasteiger partial charge in [0.25, 0.3) is 5.91 Å². The van der Waals surface area contributed by atoms with Gasteiger partial charge in [-0.1, -0.05) is 29.8 Å². The van der Waals surface area contributed by atoms with Crippen LogP contribution in [0.3, 0.4) is 0 Å². The minimum atomic E-state index is -0.540. The Morgan fingerprint density at radius 1 is 1.19 bits per heavy atom. The molecule has 7 heteroatoms. The Hall–Kier alpha value is -3.12. The molecule has 0 aliphatic rings. The summed E-state index contributed by atoms with van der Waals surface area (Å²) < 4.78 is 18.5. The molecule has 0 bridgehead atoms. The van der Waals surface area contributed by atoms with Crippen LogP contribution >= 0.6 is 11.6 Å². The van der Waals surface area contributed by atoms with E-state index >= 15 is 0 Å². The highest BCUT2D eigenvalue weighted by Crippen LogP contribution is 2.21. The van der Waals surface area contributed by atoms with Gasteiger partial charge in [-0.25, -0.2) is 9.37 Å². The van der Waals surface area contributed by atoms with Crippen molar-refractivity contribution < 1.29 is 13.9 Å². The number of nitrogens with zero attached hydrogens (tertiary/aromatic N) is 1. The Bertz CT molecular complexity index is 965. The summed E-state index contributed by atoms with van der Waals surface area (Å²) in [6.45, 7) is 0.496. The van der Waals surface area contributed by atoms with Gasteiger partial charge in [0.15, 0.2) is 0 Å². The molecule has 27 heavy (non-hydrogen) atoms. The second kappa shape index (κ2) is 8.51. The number of carbonyl (C=O) groups excluding carboxylic acids is 1. The zero-order valence-corrected chi connectivity index (χ0v) is 15.3. The van der Waals surface area contributed by atoms with Gasteiger partial charge in [0.2, 0.25) is 0 Å². The Kier molecular flexibility index (Phi) is 5.88. The molecule has 0 unspecified atom stereocenters. The van der Waals surface area contributed by atoms with Crippen molar-refractivity contribution in [1.29, 1.82) is 0 Å². The van der Waals surface area contributed by atoms with E-state index in [1.807, 2.05) is 24.3 Å². The zero-order valence-electron chi connectivity index (χ0n) is 14.5. The molecule has 1 aromatic heterocycles. The van der Waals surface area contributed by atoms with E-state index in [1.165, 1.54) is 24.4 Å². The summed E-state index contributed by atoms with van der Waals surface area (Å²) in [6.07, 6.45) is 1.54. The summed E-state index contributed by atoms with van der Waals surface area (Å²) in [5.74, 6) is 0.430. The number of benzene rings is 2. The van der Waals surface area contributed by atoms with Crippen LogP contribution in [0.15, 0.2) is 60.8 Å². The average molecular weight is 386 g/mol. The number of hydrogen-bond donors (Lipinski definition) is 2. The first-order chi connectivity index (χ1) is 13.1. The van der Waals surface area contributed by atoms with E-state index in [0.29, 0.717) is 23.6 Å². The molecule has 2 N–H and O–H groups in total. The van der Waals surface area contributed by atoms with Crippen LogP contribution in [-0.4, -0.2) is 18.0 Å². The van der Waals surface area contributed by atoms with Crippen LogP contribution in [0.5, 0.6) is 5.75 Å². The highest BCUT2D eigenvalue weighted by molar-refractivity contribution is 6.31. The Balaban J connectivity index is 1.69. The summed E-state index contributed by atoms with van der Waals surface area (Å²) in [7, 11) is 1.61. The summed E-state index contributed by atoms with van der Waals surface area (Å²) in [4.78, 5) is 16.6. The van der Waals surface area contributed by atoms with E-state index < -0.39 is 5.82 Å². The molecule has 0 radical (unpaired) electrons. The normalized spacial score (nSPS) is 10.3. The van der Waals surface area contributed by atoms with Crippen molar-refractivity contribution in [2.75, 3.05) is 17.7 Å². The number of para-hydroxylation sites is 1. The van der Waals surface area contributed by atoms with Crippen molar-refractivity contribution in [2.45, 2.75) is 6.54 Å². The zero-order chi connectivity index (χ0) is 19.2. The molecule has 3 rings (SSSR count). The fourth-order valence-corrected chi connectivity index (χ4v) is 2.66. The van der Waals surface area contributed by atoms with E-state index in [2.05, 4.69) is 15.6 Å². The molecule has 1 heterocycles. The third-order valence-corrected chi connectivity index (χ3v) is 4.14. The molecular formula is C20H17ClFN3O2. The number of methoxy groups -OCH3 is 1. The number of rotatable bonds is 6. The number of nitrogens with one attached hydrogen (secondary N) is 2. The Morgan fingerprint density at radius 3 is 2.78 bits per heavy atom. The molecule has 5 nitrogen and oxygen atoms in total. The molecule has 3 aromatic rings. The van der Waals surface area contributed by atoms with Gasteiger partial charge in [-0.3, -0.25) is 4.79 Å². The van der Waals surface area contributed by atoms with E-state index in [0.717, 1.165) is 11.3 Å². The highest BCUT2D eigenvalue weighted by atomic mass is 35.5. The molecule has 2 aromatic carbocycles. The van der Waals surface area contributed by atoms with Gasteiger partial charge in [-0.15, -0.1) is 0 Å². The average Bonchev–Trinajstić information content (AvgIpc) is 2.69.